The van der Waals surface area contributed by atoms with Crippen molar-refractivity contribution in [3.8, 4) is 11.1 Å². The molecule has 0 amide bonds. The zero-order chi connectivity index (χ0) is 26.1. The molecular weight excluding hydrogens is 444 g/mol. The van der Waals surface area contributed by atoms with Crippen molar-refractivity contribution in [2.45, 2.75) is 85.5 Å². The van der Waals surface area contributed by atoms with Crippen LogP contribution in [-0.4, -0.2) is 0 Å². The summed E-state index contributed by atoms with van der Waals surface area (Å²) in [4.78, 5) is 0. The van der Waals surface area contributed by atoms with Crippen LogP contribution >= 0.6 is 0 Å². The van der Waals surface area contributed by atoms with Crippen molar-refractivity contribution in [3.05, 3.63) is 100 Å². The number of rotatable bonds is 7. The molecule has 0 bridgehead atoms. The molecule has 37 heavy (non-hydrogen) atoms. The van der Waals surface area contributed by atoms with Crippen LogP contribution in [-0.2, 0) is 12.8 Å². The molecule has 2 aromatic rings. The Balaban J connectivity index is 1.42. The predicted molar refractivity (Wildman–Crippen MR) is 162 cm³/mol. The van der Waals surface area contributed by atoms with Crippen molar-refractivity contribution >= 4 is 6.08 Å². The van der Waals surface area contributed by atoms with E-state index in [4.69, 9.17) is 0 Å². The van der Waals surface area contributed by atoms with Crippen molar-refractivity contribution < 1.29 is 0 Å². The molecule has 4 unspecified atom stereocenters. The third-order valence-electron chi connectivity index (χ3n) is 9.51. The molecule has 0 N–H and O–H groups in total. The first-order chi connectivity index (χ1) is 17.8. The second-order valence-electron chi connectivity index (χ2n) is 12.4. The van der Waals surface area contributed by atoms with Gasteiger partial charge in [-0.25, -0.2) is 0 Å². The third-order valence-corrected chi connectivity index (χ3v) is 9.51. The third kappa shape index (κ3) is 5.50. The maximum atomic E-state index is 4.45. The van der Waals surface area contributed by atoms with Gasteiger partial charge in [-0.05, 0) is 96.2 Å². The molecular formula is C37H46. The van der Waals surface area contributed by atoms with Gasteiger partial charge in [0.1, 0.15) is 0 Å². The summed E-state index contributed by atoms with van der Waals surface area (Å²) in [5.41, 5.74) is 14.4. The average Bonchev–Trinajstić information content (AvgIpc) is 3.29. The van der Waals surface area contributed by atoms with Crippen LogP contribution in [0.25, 0.3) is 17.2 Å². The molecule has 0 aliphatic heterocycles. The highest BCUT2D eigenvalue weighted by molar-refractivity contribution is 5.80. The van der Waals surface area contributed by atoms with Crippen molar-refractivity contribution in [1.29, 1.82) is 0 Å². The Morgan fingerprint density at radius 1 is 0.973 bits per heavy atom. The highest BCUT2D eigenvalue weighted by Gasteiger charge is 2.27. The second-order valence-corrected chi connectivity index (χ2v) is 12.4. The summed E-state index contributed by atoms with van der Waals surface area (Å²) in [5, 5.41) is 0. The fraction of sp³-hybridized carbons (Fsp3) is 0.459. The van der Waals surface area contributed by atoms with Crippen LogP contribution < -0.4 is 0 Å². The number of fused-ring (bicyclic) bond motifs is 1. The van der Waals surface area contributed by atoms with Gasteiger partial charge in [-0.2, -0.15) is 0 Å². The van der Waals surface area contributed by atoms with Crippen LogP contribution in [0.1, 0.15) is 86.6 Å². The summed E-state index contributed by atoms with van der Waals surface area (Å²) in [7, 11) is 0. The minimum atomic E-state index is 0.364. The molecule has 2 aromatic carbocycles. The Labute approximate surface area is 226 Å². The molecule has 1 fully saturated rings. The van der Waals surface area contributed by atoms with Gasteiger partial charge in [0.05, 0.1) is 0 Å². The average molecular weight is 491 g/mol. The van der Waals surface area contributed by atoms with Gasteiger partial charge in [-0.1, -0.05) is 124 Å². The zero-order valence-electron chi connectivity index (χ0n) is 23.7. The minimum Gasteiger partial charge on any atom is -0.0986 e. The number of benzene rings is 2. The van der Waals surface area contributed by atoms with E-state index in [2.05, 4.69) is 89.4 Å². The van der Waals surface area contributed by atoms with E-state index in [0.29, 0.717) is 11.8 Å². The molecule has 3 aliphatic carbocycles. The lowest BCUT2D eigenvalue weighted by Gasteiger charge is -2.30. The van der Waals surface area contributed by atoms with E-state index in [1.54, 1.807) is 5.56 Å². The fourth-order valence-electron chi connectivity index (χ4n) is 7.46. The van der Waals surface area contributed by atoms with E-state index < -0.39 is 0 Å². The monoisotopic (exact) mass is 490 g/mol. The molecule has 0 nitrogen and oxygen atoms in total. The smallest absolute Gasteiger partial charge is 0.00826 e. The maximum Gasteiger partial charge on any atom is 0.00826 e. The van der Waals surface area contributed by atoms with Gasteiger partial charge in [-0.3, -0.25) is 0 Å². The molecule has 5 rings (SSSR count). The first-order valence-electron chi connectivity index (χ1n) is 14.8. The number of allylic oxidation sites excluding steroid dienone is 5. The molecule has 0 saturated heterocycles. The zero-order valence-corrected chi connectivity index (χ0v) is 23.7. The van der Waals surface area contributed by atoms with E-state index in [-0.39, 0.29) is 0 Å². The van der Waals surface area contributed by atoms with Gasteiger partial charge in [0.2, 0.25) is 0 Å². The van der Waals surface area contributed by atoms with Crippen molar-refractivity contribution in [2.75, 3.05) is 0 Å². The Morgan fingerprint density at radius 3 is 2.59 bits per heavy atom. The minimum absolute atomic E-state index is 0.364. The van der Waals surface area contributed by atoms with Crippen LogP contribution in [0.5, 0.6) is 0 Å². The van der Waals surface area contributed by atoms with Crippen molar-refractivity contribution in [2.24, 2.45) is 23.7 Å². The maximum absolute atomic E-state index is 4.45. The first kappa shape index (κ1) is 26.0. The van der Waals surface area contributed by atoms with E-state index in [1.165, 1.54) is 95.0 Å². The molecule has 0 heteroatoms. The highest BCUT2D eigenvalue weighted by Crippen LogP contribution is 2.43. The van der Waals surface area contributed by atoms with E-state index in [1.807, 2.05) is 0 Å². The Morgan fingerprint density at radius 2 is 1.78 bits per heavy atom. The molecule has 0 aromatic heterocycles. The van der Waals surface area contributed by atoms with E-state index in [0.717, 1.165) is 24.7 Å². The molecule has 0 heterocycles. The number of hydrogen-bond acceptors (Lipinski definition) is 0. The van der Waals surface area contributed by atoms with Crippen LogP contribution in [0, 0.1) is 37.5 Å². The molecule has 4 atom stereocenters. The lowest BCUT2D eigenvalue weighted by Crippen LogP contribution is -2.18. The quantitative estimate of drug-likeness (QED) is 0.339. The fourth-order valence-corrected chi connectivity index (χ4v) is 7.46. The highest BCUT2D eigenvalue weighted by atomic mass is 14.3. The van der Waals surface area contributed by atoms with Crippen LogP contribution in [0.4, 0.5) is 0 Å². The van der Waals surface area contributed by atoms with Crippen LogP contribution in [0.2, 0.25) is 0 Å². The predicted octanol–water partition coefficient (Wildman–Crippen LogP) is 10.4. The molecule has 194 valence electrons. The topological polar surface area (TPSA) is 0 Å². The van der Waals surface area contributed by atoms with Gasteiger partial charge in [0, 0.05) is 5.92 Å². The Hall–Kier alpha value is -2.60. The standard InChI is InChI=1S/C37H46/c1-7-10-29-11-8-12-30(19-29)21-35-27(5)17-24(2)18-37(35)33-14-9-13-32-20-31(23-36(32)33)22-34-26(4)16-15-25(3)28(34)6/h9,13-18,20,25,29-30,34H,4,6-8,10-12,19,21-23H2,1-3,5H3. The van der Waals surface area contributed by atoms with Gasteiger partial charge in [0.25, 0.3) is 0 Å². The van der Waals surface area contributed by atoms with Gasteiger partial charge in [0.15, 0.2) is 0 Å². The van der Waals surface area contributed by atoms with Gasteiger partial charge in [-0.15, -0.1) is 0 Å². The Kier molecular flexibility index (Phi) is 7.75. The van der Waals surface area contributed by atoms with Gasteiger partial charge >= 0.3 is 0 Å². The summed E-state index contributed by atoms with van der Waals surface area (Å²) in [6.07, 6.45) is 18.7. The van der Waals surface area contributed by atoms with Crippen LogP contribution in [0.3, 0.4) is 0 Å². The largest absolute Gasteiger partial charge is 0.0986 e. The summed E-state index contributed by atoms with van der Waals surface area (Å²) in [6.45, 7) is 18.0. The molecule has 1 saturated carbocycles. The lowest BCUT2D eigenvalue weighted by molar-refractivity contribution is 0.252. The number of hydrogen-bond donors (Lipinski definition) is 0. The summed E-state index contributed by atoms with van der Waals surface area (Å²) in [6, 6.07) is 11.9. The van der Waals surface area contributed by atoms with E-state index >= 15 is 0 Å². The van der Waals surface area contributed by atoms with Gasteiger partial charge < -0.3 is 0 Å². The first-order valence-corrected chi connectivity index (χ1v) is 14.8. The molecule has 3 aliphatic rings. The van der Waals surface area contributed by atoms with E-state index in [9.17, 15) is 0 Å². The second kappa shape index (κ2) is 11.0. The number of aryl methyl sites for hydroxylation is 2. The molecule has 0 spiro atoms. The lowest BCUT2D eigenvalue weighted by atomic mass is 9.75. The summed E-state index contributed by atoms with van der Waals surface area (Å²) >= 11 is 0. The Bertz CT molecular complexity index is 1250. The SMILES string of the molecule is C=C1C=CC(C)C(=C)C1CC1=Cc2cccc(-c3cc(C)cc(C)c3CC3CCCC(CCC)C3)c2C1. The normalized spacial score (nSPS) is 25.4. The summed E-state index contributed by atoms with van der Waals surface area (Å²) < 4.78 is 0. The van der Waals surface area contributed by atoms with Crippen molar-refractivity contribution in [1.82, 2.24) is 0 Å². The molecule has 0 radical (unpaired) electrons. The summed E-state index contributed by atoms with van der Waals surface area (Å²) in [5.74, 6) is 2.56. The van der Waals surface area contributed by atoms with Crippen LogP contribution in [0.15, 0.2) is 72.4 Å². The van der Waals surface area contributed by atoms with Crippen molar-refractivity contribution in [3.63, 3.8) is 0 Å².